The molecule has 0 amide bonds. The van der Waals surface area contributed by atoms with E-state index >= 15 is 0 Å². The highest BCUT2D eigenvalue weighted by Gasteiger charge is 2.30. The molecule has 1 fully saturated rings. The molecular weight excluding hydrogens is 326 g/mol. The highest BCUT2D eigenvalue weighted by atomic mass is 14.6. The van der Waals surface area contributed by atoms with Crippen molar-refractivity contribution < 1.29 is 0 Å². The van der Waals surface area contributed by atoms with Gasteiger partial charge in [0, 0.05) is 0 Å². The maximum Gasteiger partial charge on any atom is -0.000861 e. The monoisotopic (exact) mass is 371 g/mol. The second kappa shape index (κ2) is 10.1. The van der Waals surface area contributed by atoms with Crippen LogP contribution in [-0.4, -0.2) is 6.54 Å². The first kappa shape index (κ1) is 22.5. The average molecular weight is 372 g/mol. The SMILES string of the molecule is C/C=C(\[C@@H](CN)[C@H](C)CC1=CC=C(C2CCC(C)CC2)CC1)C(C)(C)CC. The smallest absolute Gasteiger partial charge is 0.000861 e. The quantitative estimate of drug-likeness (QED) is 0.441. The highest BCUT2D eigenvalue weighted by molar-refractivity contribution is 5.27. The van der Waals surface area contributed by atoms with Crippen LogP contribution in [0.25, 0.3) is 0 Å². The van der Waals surface area contributed by atoms with E-state index in [9.17, 15) is 0 Å². The summed E-state index contributed by atoms with van der Waals surface area (Å²) in [5.74, 6) is 2.92. The number of hydrogen-bond acceptors (Lipinski definition) is 1. The third-order valence-electron chi connectivity index (χ3n) is 7.71. The molecule has 0 aromatic heterocycles. The lowest BCUT2D eigenvalue weighted by Crippen LogP contribution is -2.31. The molecule has 0 saturated heterocycles. The van der Waals surface area contributed by atoms with E-state index in [-0.39, 0.29) is 5.41 Å². The number of rotatable bonds is 8. The van der Waals surface area contributed by atoms with E-state index in [4.69, 9.17) is 5.73 Å². The minimum absolute atomic E-state index is 0.249. The molecule has 2 aliphatic carbocycles. The van der Waals surface area contributed by atoms with Crippen LogP contribution in [0.3, 0.4) is 0 Å². The molecule has 154 valence electrons. The Balaban J connectivity index is 2.01. The molecule has 0 aromatic rings. The van der Waals surface area contributed by atoms with Crippen LogP contribution in [0.4, 0.5) is 0 Å². The van der Waals surface area contributed by atoms with Gasteiger partial charge >= 0.3 is 0 Å². The van der Waals surface area contributed by atoms with Crippen molar-refractivity contribution in [1.82, 2.24) is 0 Å². The van der Waals surface area contributed by atoms with Crippen molar-refractivity contribution in [3.63, 3.8) is 0 Å². The van der Waals surface area contributed by atoms with Gasteiger partial charge in [-0.1, -0.05) is 82.4 Å². The fourth-order valence-electron chi connectivity index (χ4n) is 5.37. The van der Waals surface area contributed by atoms with Crippen LogP contribution < -0.4 is 5.73 Å². The molecule has 1 saturated carbocycles. The maximum atomic E-state index is 6.27. The summed E-state index contributed by atoms with van der Waals surface area (Å²) in [6, 6.07) is 0. The molecule has 0 radical (unpaired) electrons. The summed E-state index contributed by atoms with van der Waals surface area (Å²) in [6.07, 6.45) is 17.9. The lowest BCUT2D eigenvalue weighted by atomic mass is 9.70. The molecule has 0 unspecified atom stereocenters. The Labute approximate surface area is 169 Å². The predicted octanol–water partition coefficient (Wildman–Crippen LogP) is 7.44. The molecule has 0 heterocycles. The van der Waals surface area contributed by atoms with Gasteiger partial charge in [0.2, 0.25) is 0 Å². The summed E-state index contributed by atoms with van der Waals surface area (Å²) in [7, 11) is 0. The second-order valence-electron chi connectivity index (χ2n) is 10.0. The summed E-state index contributed by atoms with van der Waals surface area (Å²) in [5, 5.41) is 0. The van der Waals surface area contributed by atoms with E-state index in [0.717, 1.165) is 18.4 Å². The van der Waals surface area contributed by atoms with Gasteiger partial charge in [0.25, 0.3) is 0 Å². The summed E-state index contributed by atoms with van der Waals surface area (Å²) in [5.41, 5.74) is 11.4. The first-order valence-corrected chi connectivity index (χ1v) is 11.6. The van der Waals surface area contributed by atoms with Crippen LogP contribution in [0.2, 0.25) is 0 Å². The summed E-state index contributed by atoms with van der Waals surface area (Å²) in [6.45, 7) is 14.8. The van der Waals surface area contributed by atoms with Crippen molar-refractivity contribution >= 4 is 0 Å². The average Bonchev–Trinajstić information content (AvgIpc) is 2.67. The van der Waals surface area contributed by atoms with Crippen LogP contribution >= 0.6 is 0 Å². The van der Waals surface area contributed by atoms with Crippen molar-refractivity contribution in [2.24, 2.45) is 34.8 Å². The molecule has 1 nitrogen and oxygen atoms in total. The number of allylic oxidation sites excluding steroid dienone is 5. The molecule has 27 heavy (non-hydrogen) atoms. The van der Waals surface area contributed by atoms with Crippen molar-refractivity contribution in [1.29, 1.82) is 0 Å². The minimum atomic E-state index is 0.249. The standard InChI is InChI=1S/C26H45N/c1-7-25(26(5,6)8-2)24(18-27)20(4)17-21-11-15-23(16-12-21)22-13-9-19(3)10-14-22/h7,11,15,19-20,22,24H,8-10,12-14,16-18,27H2,1-6H3/b25-7+/t19?,20-,22?,24+/m1/s1. The molecule has 2 atom stereocenters. The third kappa shape index (κ3) is 5.83. The van der Waals surface area contributed by atoms with Gasteiger partial charge in [-0.05, 0) is 81.1 Å². The first-order valence-electron chi connectivity index (χ1n) is 11.6. The van der Waals surface area contributed by atoms with E-state index in [1.807, 2.05) is 0 Å². The normalized spacial score (nSPS) is 27.0. The molecule has 0 bridgehead atoms. The van der Waals surface area contributed by atoms with Gasteiger partial charge in [-0.3, -0.25) is 0 Å². The van der Waals surface area contributed by atoms with Crippen molar-refractivity contribution in [2.45, 2.75) is 92.9 Å². The zero-order valence-corrected chi connectivity index (χ0v) is 19.0. The van der Waals surface area contributed by atoms with E-state index < -0.39 is 0 Å². The molecule has 0 spiro atoms. The van der Waals surface area contributed by atoms with E-state index in [0.29, 0.717) is 11.8 Å². The van der Waals surface area contributed by atoms with Crippen LogP contribution in [0, 0.1) is 29.1 Å². The Morgan fingerprint density at radius 3 is 2.33 bits per heavy atom. The third-order valence-corrected chi connectivity index (χ3v) is 7.71. The Bertz CT molecular complexity index is 555. The van der Waals surface area contributed by atoms with Gasteiger partial charge in [-0.15, -0.1) is 0 Å². The molecule has 1 heteroatoms. The lowest BCUT2D eigenvalue weighted by Gasteiger charge is -2.36. The summed E-state index contributed by atoms with van der Waals surface area (Å²) in [4.78, 5) is 0. The second-order valence-corrected chi connectivity index (χ2v) is 10.0. The van der Waals surface area contributed by atoms with Gasteiger partial charge in [-0.25, -0.2) is 0 Å². The summed E-state index contributed by atoms with van der Waals surface area (Å²) < 4.78 is 0. The molecule has 2 N–H and O–H groups in total. The van der Waals surface area contributed by atoms with Crippen LogP contribution in [0.15, 0.2) is 34.9 Å². The van der Waals surface area contributed by atoms with Crippen LogP contribution in [0.1, 0.15) is 92.9 Å². The fraction of sp³-hybridized carbons (Fsp3) is 0.769. The van der Waals surface area contributed by atoms with E-state index in [1.54, 1.807) is 16.7 Å². The number of hydrogen-bond donors (Lipinski definition) is 1. The predicted molar refractivity (Wildman–Crippen MR) is 121 cm³/mol. The van der Waals surface area contributed by atoms with E-state index in [2.05, 4.69) is 59.8 Å². The van der Waals surface area contributed by atoms with Crippen LogP contribution in [0.5, 0.6) is 0 Å². The van der Waals surface area contributed by atoms with Gasteiger partial charge in [0.15, 0.2) is 0 Å². The van der Waals surface area contributed by atoms with Crippen molar-refractivity contribution in [3.8, 4) is 0 Å². The first-order chi connectivity index (χ1) is 12.8. The van der Waals surface area contributed by atoms with Gasteiger partial charge in [0.05, 0.1) is 0 Å². The fourth-order valence-corrected chi connectivity index (χ4v) is 5.37. The molecule has 0 aromatic carbocycles. The topological polar surface area (TPSA) is 26.0 Å². The molecule has 2 aliphatic rings. The van der Waals surface area contributed by atoms with E-state index in [1.165, 1.54) is 51.4 Å². The van der Waals surface area contributed by atoms with Crippen LogP contribution in [-0.2, 0) is 0 Å². The zero-order valence-electron chi connectivity index (χ0n) is 19.0. The lowest BCUT2D eigenvalue weighted by molar-refractivity contribution is 0.309. The van der Waals surface area contributed by atoms with Gasteiger partial charge in [-0.2, -0.15) is 0 Å². The molecule has 0 aliphatic heterocycles. The van der Waals surface area contributed by atoms with Crippen molar-refractivity contribution in [3.05, 3.63) is 34.9 Å². The Kier molecular flexibility index (Phi) is 8.40. The molecule has 2 rings (SSSR count). The summed E-state index contributed by atoms with van der Waals surface area (Å²) >= 11 is 0. The largest absolute Gasteiger partial charge is 0.330 e. The van der Waals surface area contributed by atoms with Gasteiger partial charge in [0.1, 0.15) is 0 Å². The number of nitrogens with two attached hydrogens (primary N) is 1. The maximum absolute atomic E-state index is 6.27. The Morgan fingerprint density at radius 1 is 1.19 bits per heavy atom. The minimum Gasteiger partial charge on any atom is -0.330 e. The zero-order chi connectivity index (χ0) is 20.0. The molecular formula is C26H45N. The van der Waals surface area contributed by atoms with Gasteiger partial charge < -0.3 is 5.73 Å². The van der Waals surface area contributed by atoms with Crippen molar-refractivity contribution in [2.75, 3.05) is 6.54 Å². The highest BCUT2D eigenvalue weighted by Crippen LogP contribution is 2.41. The Hall–Kier alpha value is -0.820. The Morgan fingerprint density at radius 2 is 1.85 bits per heavy atom.